The van der Waals surface area contributed by atoms with Crippen LogP contribution in [0.25, 0.3) is 0 Å². The topological polar surface area (TPSA) is 17.1 Å². The van der Waals surface area contributed by atoms with Crippen LogP contribution in [0.15, 0.2) is 48.5 Å². The molecule has 0 amide bonds. The van der Waals surface area contributed by atoms with Gasteiger partial charge in [-0.25, -0.2) is 4.39 Å². The summed E-state index contributed by atoms with van der Waals surface area (Å²) >= 11 is 0. The summed E-state index contributed by atoms with van der Waals surface area (Å²) in [5, 5.41) is 0. The van der Waals surface area contributed by atoms with Crippen molar-refractivity contribution in [2.75, 3.05) is 0 Å². The molecule has 1 nitrogen and oxygen atoms in total. The number of benzene rings is 2. The molecule has 0 aliphatic heterocycles. The molecular weight excluding hydrogens is 251 g/mol. The maximum absolute atomic E-state index is 13.5. The average Bonchev–Trinajstić information content (AvgIpc) is 2.41. The van der Waals surface area contributed by atoms with Crippen LogP contribution in [0.3, 0.4) is 0 Å². The normalized spacial score (nSPS) is 10.8. The molecule has 0 aliphatic carbocycles. The average molecular weight is 270 g/mol. The summed E-state index contributed by atoms with van der Waals surface area (Å²) in [6.45, 7) is 4.33. The number of ketones is 1. The molecule has 2 aromatic carbocycles. The van der Waals surface area contributed by atoms with E-state index < -0.39 is 0 Å². The number of Topliss-reactive ketones (excluding diaryl/α,β-unsaturated/α-hetero) is 1. The summed E-state index contributed by atoms with van der Waals surface area (Å²) in [4.78, 5) is 12.1. The highest BCUT2D eigenvalue weighted by molar-refractivity contribution is 5.97. The molecule has 0 aliphatic rings. The lowest BCUT2D eigenvalue weighted by Crippen LogP contribution is -2.05. The Bertz CT molecular complexity index is 585. The standard InChI is InChI=1S/C18H19FO/c1-13(2)11-14-7-9-15(10-8-14)18(20)12-16-5-3-4-6-17(16)19/h3-10,13H,11-12H2,1-2H3. The summed E-state index contributed by atoms with van der Waals surface area (Å²) in [6, 6.07) is 14.0. The van der Waals surface area contributed by atoms with Crippen molar-refractivity contribution in [3.8, 4) is 0 Å². The van der Waals surface area contributed by atoms with E-state index in [4.69, 9.17) is 0 Å². The molecule has 0 unspecified atom stereocenters. The number of halogens is 1. The molecule has 0 heterocycles. The van der Waals surface area contributed by atoms with Crippen molar-refractivity contribution in [2.45, 2.75) is 26.7 Å². The van der Waals surface area contributed by atoms with Gasteiger partial charge in [-0.05, 0) is 29.5 Å². The Morgan fingerprint density at radius 3 is 2.30 bits per heavy atom. The second-order valence-electron chi connectivity index (χ2n) is 5.49. The van der Waals surface area contributed by atoms with Gasteiger partial charge in [-0.1, -0.05) is 56.3 Å². The van der Waals surface area contributed by atoms with E-state index in [0.29, 0.717) is 17.0 Å². The molecule has 0 aromatic heterocycles. The number of carbonyl (C=O) groups excluding carboxylic acids is 1. The zero-order valence-corrected chi connectivity index (χ0v) is 11.9. The fourth-order valence-corrected chi connectivity index (χ4v) is 2.21. The second-order valence-corrected chi connectivity index (χ2v) is 5.49. The third-order valence-corrected chi connectivity index (χ3v) is 3.23. The lowest BCUT2D eigenvalue weighted by atomic mass is 9.98. The van der Waals surface area contributed by atoms with Crippen LogP contribution in [-0.4, -0.2) is 5.78 Å². The van der Waals surface area contributed by atoms with Crippen LogP contribution < -0.4 is 0 Å². The van der Waals surface area contributed by atoms with Gasteiger partial charge in [0, 0.05) is 12.0 Å². The van der Waals surface area contributed by atoms with Crippen molar-refractivity contribution in [1.82, 2.24) is 0 Å². The van der Waals surface area contributed by atoms with E-state index in [1.165, 1.54) is 11.6 Å². The maximum atomic E-state index is 13.5. The van der Waals surface area contributed by atoms with Crippen LogP contribution in [0.2, 0.25) is 0 Å². The third-order valence-electron chi connectivity index (χ3n) is 3.23. The van der Waals surface area contributed by atoms with Gasteiger partial charge in [-0.2, -0.15) is 0 Å². The first-order valence-electron chi connectivity index (χ1n) is 6.92. The highest BCUT2D eigenvalue weighted by atomic mass is 19.1. The SMILES string of the molecule is CC(C)Cc1ccc(C(=O)Cc2ccccc2F)cc1. The Hall–Kier alpha value is -1.96. The third kappa shape index (κ3) is 3.77. The Morgan fingerprint density at radius 1 is 1.05 bits per heavy atom. The highest BCUT2D eigenvalue weighted by Crippen LogP contribution is 2.14. The van der Waals surface area contributed by atoms with Gasteiger partial charge in [-0.15, -0.1) is 0 Å². The first-order valence-corrected chi connectivity index (χ1v) is 6.92. The predicted octanol–water partition coefficient (Wildman–Crippen LogP) is 4.45. The van der Waals surface area contributed by atoms with E-state index in [-0.39, 0.29) is 18.0 Å². The van der Waals surface area contributed by atoms with Crippen LogP contribution in [0.4, 0.5) is 4.39 Å². The fourth-order valence-electron chi connectivity index (χ4n) is 2.21. The zero-order chi connectivity index (χ0) is 14.5. The van der Waals surface area contributed by atoms with Crippen LogP contribution >= 0.6 is 0 Å². The molecule has 0 saturated heterocycles. The van der Waals surface area contributed by atoms with Gasteiger partial charge in [-0.3, -0.25) is 4.79 Å². The van der Waals surface area contributed by atoms with E-state index in [2.05, 4.69) is 13.8 Å². The van der Waals surface area contributed by atoms with Crippen molar-refractivity contribution >= 4 is 5.78 Å². The van der Waals surface area contributed by atoms with Gasteiger partial charge < -0.3 is 0 Å². The minimum absolute atomic E-state index is 0.0498. The van der Waals surface area contributed by atoms with E-state index in [0.717, 1.165) is 6.42 Å². The van der Waals surface area contributed by atoms with E-state index >= 15 is 0 Å². The summed E-state index contributed by atoms with van der Waals surface area (Å²) in [7, 11) is 0. The molecule has 0 N–H and O–H groups in total. The van der Waals surface area contributed by atoms with E-state index in [1.54, 1.807) is 18.2 Å². The first kappa shape index (κ1) is 14.4. The Morgan fingerprint density at radius 2 is 1.70 bits per heavy atom. The van der Waals surface area contributed by atoms with Crippen molar-refractivity contribution in [1.29, 1.82) is 0 Å². The lowest BCUT2D eigenvalue weighted by Gasteiger charge is -2.06. The molecule has 104 valence electrons. The van der Waals surface area contributed by atoms with Crippen molar-refractivity contribution in [3.63, 3.8) is 0 Å². The maximum Gasteiger partial charge on any atom is 0.167 e. The number of hydrogen-bond donors (Lipinski definition) is 0. The Kier molecular flexibility index (Phi) is 4.67. The molecule has 0 spiro atoms. The van der Waals surface area contributed by atoms with Crippen LogP contribution in [0.1, 0.15) is 35.3 Å². The van der Waals surface area contributed by atoms with Gasteiger partial charge in [0.2, 0.25) is 0 Å². The van der Waals surface area contributed by atoms with Crippen molar-refractivity contribution in [2.24, 2.45) is 5.92 Å². The minimum Gasteiger partial charge on any atom is -0.294 e. The number of hydrogen-bond acceptors (Lipinski definition) is 1. The molecule has 0 bridgehead atoms. The molecule has 2 aromatic rings. The monoisotopic (exact) mass is 270 g/mol. The molecule has 0 atom stereocenters. The quantitative estimate of drug-likeness (QED) is 0.734. The highest BCUT2D eigenvalue weighted by Gasteiger charge is 2.10. The smallest absolute Gasteiger partial charge is 0.167 e. The molecule has 0 radical (unpaired) electrons. The van der Waals surface area contributed by atoms with Crippen molar-refractivity contribution < 1.29 is 9.18 Å². The number of rotatable bonds is 5. The summed E-state index contributed by atoms with van der Waals surface area (Å²) < 4.78 is 13.5. The predicted molar refractivity (Wildman–Crippen MR) is 79.4 cm³/mol. The lowest BCUT2D eigenvalue weighted by molar-refractivity contribution is 0.0992. The summed E-state index contributed by atoms with van der Waals surface area (Å²) in [5.74, 6) is 0.221. The van der Waals surface area contributed by atoms with Gasteiger partial charge in [0.1, 0.15) is 5.82 Å². The van der Waals surface area contributed by atoms with Gasteiger partial charge >= 0.3 is 0 Å². The van der Waals surface area contributed by atoms with Crippen molar-refractivity contribution in [3.05, 3.63) is 71.0 Å². The summed E-state index contributed by atoms with van der Waals surface area (Å²) in [5.41, 5.74) is 2.31. The minimum atomic E-state index is -0.322. The van der Waals surface area contributed by atoms with Gasteiger partial charge in [0.25, 0.3) is 0 Å². The van der Waals surface area contributed by atoms with Crippen LogP contribution in [0, 0.1) is 11.7 Å². The molecule has 0 fully saturated rings. The summed E-state index contributed by atoms with van der Waals surface area (Å²) in [6.07, 6.45) is 1.11. The van der Waals surface area contributed by atoms with Gasteiger partial charge in [0.05, 0.1) is 0 Å². The molecule has 2 rings (SSSR count). The first-order chi connectivity index (χ1) is 9.56. The molecule has 0 saturated carbocycles. The van der Waals surface area contributed by atoms with Crippen LogP contribution in [-0.2, 0) is 12.8 Å². The molecule has 20 heavy (non-hydrogen) atoms. The van der Waals surface area contributed by atoms with Gasteiger partial charge in [0.15, 0.2) is 5.78 Å². The fraction of sp³-hybridized carbons (Fsp3) is 0.278. The second kappa shape index (κ2) is 6.47. The molecular formula is C18H19FO. The Balaban J connectivity index is 2.08. The van der Waals surface area contributed by atoms with Crippen LogP contribution in [0.5, 0.6) is 0 Å². The van der Waals surface area contributed by atoms with E-state index in [1.807, 2.05) is 24.3 Å². The zero-order valence-electron chi connectivity index (χ0n) is 11.9. The largest absolute Gasteiger partial charge is 0.294 e. The Labute approximate surface area is 119 Å². The van der Waals surface area contributed by atoms with E-state index in [9.17, 15) is 9.18 Å². The number of carbonyl (C=O) groups is 1. The molecule has 2 heteroatoms.